The summed E-state index contributed by atoms with van der Waals surface area (Å²) < 4.78 is 26.0. The van der Waals surface area contributed by atoms with Gasteiger partial charge in [0.25, 0.3) is 5.91 Å². The van der Waals surface area contributed by atoms with Crippen LogP contribution in [0.15, 0.2) is 66.7 Å². The van der Waals surface area contributed by atoms with E-state index in [1.165, 1.54) is 10.6 Å². The lowest BCUT2D eigenvalue weighted by Crippen LogP contribution is -2.29. The number of halogens is 1. The molecule has 1 amide bonds. The van der Waals surface area contributed by atoms with Gasteiger partial charge in [-0.05, 0) is 66.9 Å². The lowest BCUT2D eigenvalue weighted by molar-refractivity contribution is 0.102. The first kappa shape index (κ1) is 21.9. The second-order valence-corrected chi connectivity index (χ2v) is 9.56. The van der Waals surface area contributed by atoms with E-state index in [2.05, 4.69) is 5.32 Å². The van der Waals surface area contributed by atoms with Gasteiger partial charge in [-0.1, -0.05) is 41.9 Å². The molecule has 0 fully saturated rings. The van der Waals surface area contributed by atoms with Gasteiger partial charge in [-0.25, -0.2) is 8.42 Å². The zero-order valence-electron chi connectivity index (χ0n) is 17.0. The number of rotatable bonds is 6. The van der Waals surface area contributed by atoms with E-state index < -0.39 is 10.0 Å². The average molecular weight is 443 g/mol. The zero-order chi connectivity index (χ0) is 21.9. The van der Waals surface area contributed by atoms with Crippen molar-refractivity contribution in [1.82, 2.24) is 0 Å². The number of benzene rings is 3. The van der Waals surface area contributed by atoms with Crippen LogP contribution >= 0.6 is 11.6 Å². The van der Waals surface area contributed by atoms with Crippen LogP contribution in [0.3, 0.4) is 0 Å². The number of sulfonamides is 1. The van der Waals surface area contributed by atoms with Crippen LogP contribution < -0.4 is 9.62 Å². The Labute approximate surface area is 182 Å². The Kier molecular flexibility index (Phi) is 6.48. The maximum atomic E-state index is 12.6. The summed E-state index contributed by atoms with van der Waals surface area (Å²) in [7, 11) is -3.47. The molecule has 3 aromatic carbocycles. The maximum Gasteiger partial charge on any atom is 0.255 e. The van der Waals surface area contributed by atoms with Gasteiger partial charge in [-0.2, -0.15) is 0 Å². The highest BCUT2D eigenvalue weighted by atomic mass is 35.5. The van der Waals surface area contributed by atoms with Crippen molar-refractivity contribution in [2.24, 2.45) is 0 Å². The molecule has 0 aliphatic heterocycles. The molecule has 0 atom stereocenters. The topological polar surface area (TPSA) is 66.5 Å². The highest BCUT2D eigenvalue weighted by Crippen LogP contribution is 2.23. The quantitative estimate of drug-likeness (QED) is 0.572. The lowest BCUT2D eigenvalue weighted by atomic mass is 10.1. The third kappa shape index (κ3) is 5.40. The molecule has 0 saturated carbocycles. The van der Waals surface area contributed by atoms with Crippen molar-refractivity contribution in [1.29, 1.82) is 0 Å². The maximum absolute atomic E-state index is 12.6. The molecule has 0 aliphatic carbocycles. The van der Waals surface area contributed by atoms with Gasteiger partial charge in [0.05, 0.1) is 18.5 Å². The summed E-state index contributed by atoms with van der Waals surface area (Å²) in [6.45, 7) is 3.98. The molecule has 3 rings (SSSR count). The molecule has 1 N–H and O–H groups in total. The van der Waals surface area contributed by atoms with E-state index >= 15 is 0 Å². The fourth-order valence-electron chi connectivity index (χ4n) is 3.03. The minimum absolute atomic E-state index is 0.178. The van der Waals surface area contributed by atoms with Gasteiger partial charge in [0, 0.05) is 16.3 Å². The number of amides is 1. The third-order valence-corrected chi connectivity index (χ3v) is 6.06. The van der Waals surface area contributed by atoms with Gasteiger partial charge < -0.3 is 5.32 Å². The van der Waals surface area contributed by atoms with Crippen LogP contribution in [0.1, 0.15) is 27.0 Å². The van der Waals surface area contributed by atoms with E-state index in [0.717, 1.165) is 16.7 Å². The van der Waals surface area contributed by atoms with Crippen molar-refractivity contribution < 1.29 is 13.2 Å². The first-order valence-electron chi connectivity index (χ1n) is 9.34. The largest absolute Gasteiger partial charge is 0.322 e. The molecular weight excluding hydrogens is 420 g/mol. The smallest absolute Gasteiger partial charge is 0.255 e. The zero-order valence-corrected chi connectivity index (χ0v) is 18.6. The standard InChI is InChI=1S/C23H23ClN2O3S/c1-16-5-4-6-21(13-16)26(30(3,28)29)15-18-8-10-19(11-9-18)23(27)25-22-14-20(24)12-7-17(22)2/h4-14H,15H2,1-3H3,(H,25,27). The highest BCUT2D eigenvalue weighted by molar-refractivity contribution is 7.92. The van der Waals surface area contributed by atoms with Gasteiger partial charge in [-0.3, -0.25) is 9.10 Å². The van der Waals surface area contributed by atoms with E-state index in [4.69, 9.17) is 11.6 Å². The number of nitrogens with zero attached hydrogens (tertiary/aromatic N) is 1. The number of aryl methyl sites for hydroxylation is 2. The van der Waals surface area contributed by atoms with Gasteiger partial charge in [0.2, 0.25) is 10.0 Å². The monoisotopic (exact) mass is 442 g/mol. The molecule has 0 aromatic heterocycles. The summed E-state index contributed by atoms with van der Waals surface area (Å²) in [5, 5.41) is 3.40. The van der Waals surface area contributed by atoms with Crippen molar-refractivity contribution in [3.05, 3.63) is 94.0 Å². The Balaban J connectivity index is 1.78. The molecule has 0 saturated heterocycles. The number of nitrogens with one attached hydrogen (secondary N) is 1. The van der Waals surface area contributed by atoms with Crippen LogP contribution in [0.25, 0.3) is 0 Å². The molecule has 0 unspecified atom stereocenters. The Morgan fingerprint density at radius 1 is 1.00 bits per heavy atom. The lowest BCUT2D eigenvalue weighted by Gasteiger charge is -2.23. The number of carbonyl (C=O) groups excluding carboxylic acids is 1. The minimum atomic E-state index is -3.47. The highest BCUT2D eigenvalue weighted by Gasteiger charge is 2.18. The van der Waals surface area contributed by atoms with E-state index in [9.17, 15) is 13.2 Å². The molecule has 0 bridgehead atoms. The van der Waals surface area contributed by atoms with Crippen LogP contribution in [0.4, 0.5) is 11.4 Å². The van der Waals surface area contributed by atoms with Crippen molar-refractivity contribution in [3.63, 3.8) is 0 Å². The van der Waals surface area contributed by atoms with Gasteiger partial charge in [-0.15, -0.1) is 0 Å². The molecule has 0 radical (unpaired) electrons. The van der Waals surface area contributed by atoms with E-state index in [0.29, 0.717) is 22.0 Å². The second kappa shape index (κ2) is 8.90. The van der Waals surface area contributed by atoms with Crippen molar-refractivity contribution in [2.75, 3.05) is 15.9 Å². The Morgan fingerprint density at radius 3 is 2.33 bits per heavy atom. The SMILES string of the molecule is Cc1cccc(N(Cc2ccc(C(=O)Nc3cc(Cl)ccc3C)cc2)S(C)(=O)=O)c1. The van der Waals surface area contributed by atoms with Gasteiger partial charge in [0.1, 0.15) is 0 Å². The Morgan fingerprint density at radius 2 is 1.70 bits per heavy atom. The molecule has 5 nitrogen and oxygen atoms in total. The first-order chi connectivity index (χ1) is 14.1. The first-order valence-corrected chi connectivity index (χ1v) is 11.6. The molecule has 0 spiro atoms. The van der Waals surface area contributed by atoms with Gasteiger partial charge >= 0.3 is 0 Å². The van der Waals surface area contributed by atoms with Crippen LogP contribution in [0.5, 0.6) is 0 Å². The van der Waals surface area contributed by atoms with Crippen LogP contribution in [-0.2, 0) is 16.6 Å². The Bertz CT molecular complexity index is 1180. The molecule has 30 heavy (non-hydrogen) atoms. The summed E-state index contributed by atoms with van der Waals surface area (Å²) >= 11 is 6.01. The molecule has 0 heterocycles. The summed E-state index contributed by atoms with van der Waals surface area (Å²) in [6.07, 6.45) is 1.18. The van der Waals surface area contributed by atoms with Gasteiger partial charge in [0.15, 0.2) is 0 Å². The fraction of sp³-hybridized carbons (Fsp3) is 0.174. The average Bonchev–Trinajstić information content (AvgIpc) is 2.68. The number of carbonyl (C=O) groups is 1. The predicted molar refractivity (Wildman–Crippen MR) is 123 cm³/mol. The van der Waals surface area contributed by atoms with E-state index in [-0.39, 0.29) is 12.5 Å². The number of hydrogen-bond donors (Lipinski definition) is 1. The normalized spacial score (nSPS) is 11.2. The third-order valence-electron chi connectivity index (χ3n) is 4.68. The van der Waals surface area contributed by atoms with Crippen LogP contribution in [0.2, 0.25) is 5.02 Å². The summed E-state index contributed by atoms with van der Waals surface area (Å²) in [5.41, 5.74) is 4.39. The van der Waals surface area contributed by atoms with Crippen molar-refractivity contribution in [3.8, 4) is 0 Å². The molecular formula is C23H23ClN2O3S. The number of anilines is 2. The molecule has 156 valence electrons. The van der Waals surface area contributed by atoms with E-state index in [1.54, 1.807) is 42.5 Å². The summed E-state index contributed by atoms with van der Waals surface area (Å²) in [6, 6.07) is 19.5. The molecule has 7 heteroatoms. The van der Waals surface area contributed by atoms with E-state index in [1.807, 2.05) is 38.1 Å². The summed E-state index contributed by atoms with van der Waals surface area (Å²) in [5.74, 6) is -0.259. The fourth-order valence-corrected chi connectivity index (χ4v) is 4.09. The molecule has 3 aromatic rings. The number of hydrogen-bond acceptors (Lipinski definition) is 3. The van der Waals surface area contributed by atoms with Crippen molar-refractivity contribution >= 4 is 38.9 Å². The summed E-state index contributed by atoms with van der Waals surface area (Å²) in [4.78, 5) is 12.6. The van der Waals surface area contributed by atoms with Crippen molar-refractivity contribution in [2.45, 2.75) is 20.4 Å². The van der Waals surface area contributed by atoms with Crippen LogP contribution in [0, 0.1) is 13.8 Å². The molecule has 0 aliphatic rings. The predicted octanol–water partition coefficient (Wildman–Crippen LogP) is 5.18. The Hall–Kier alpha value is -2.83. The van der Waals surface area contributed by atoms with Crippen LogP contribution in [-0.4, -0.2) is 20.6 Å². The minimum Gasteiger partial charge on any atom is -0.322 e. The second-order valence-electron chi connectivity index (χ2n) is 7.22.